The highest BCUT2D eigenvalue weighted by Crippen LogP contribution is 2.20. The van der Waals surface area contributed by atoms with Crippen LogP contribution in [0.25, 0.3) is 0 Å². The molecule has 1 fully saturated rings. The maximum Gasteiger partial charge on any atom is 0.0446 e. The number of rotatable bonds is 6. The van der Waals surface area contributed by atoms with Crippen LogP contribution in [0.3, 0.4) is 0 Å². The van der Waals surface area contributed by atoms with Gasteiger partial charge in [-0.15, -0.1) is 0 Å². The van der Waals surface area contributed by atoms with E-state index in [0.29, 0.717) is 6.04 Å². The van der Waals surface area contributed by atoms with Gasteiger partial charge >= 0.3 is 0 Å². The van der Waals surface area contributed by atoms with Crippen LogP contribution < -0.4 is 5.32 Å². The molecule has 0 aliphatic carbocycles. The highest BCUT2D eigenvalue weighted by atomic mass is 15.2. The lowest BCUT2D eigenvalue weighted by Gasteiger charge is -2.33. The molecule has 1 saturated heterocycles. The fourth-order valence-electron chi connectivity index (χ4n) is 3.28. The van der Waals surface area contributed by atoms with Crippen molar-refractivity contribution in [2.24, 2.45) is 5.92 Å². The molecule has 2 heteroatoms. The lowest BCUT2D eigenvalue weighted by Crippen LogP contribution is -2.39. The largest absolute Gasteiger partial charge is 0.312 e. The van der Waals surface area contributed by atoms with Crippen molar-refractivity contribution in [1.29, 1.82) is 0 Å². The number of nitrogens with zero attached hydrogens (tertiary/aromatic N) is 1. The third-order valence-corrected chi connectivity index (χ3v) is 4.45. The first-order valence-electron chi connectivity index (χ1n) is 8.21. The van der Waals surface area contributed by atoms with E-state index in [-0.39, 0.29) is 0 Å². The summed E-state index contributed by atoms with van der Waals surface area (Å²) in [6.45, 7) is 8.26. The first-order chi connectivity index (χ1) is 9.72. The summed E-state index contributed by atoms with van der Waals surface area (Å²) in [5.41, 5.74) is 2.88. The molecular weight excluding hydrogens is 244 g/mol. The molecule has 0 bridgehead atoms. The second-order valence-electron chi connectivity index (χ2n) is 6.34. The molecule has 0 amide bonds. The van der Waals surface area contributed by atoms with E-state index in [1.807, 2.05) is 0 Å². The maximum absolute atomic E-state index is 3.49. The highest BCUT2D eigenvalue weighted by molar-refractivity contribution is 5.25. The number of hydrogen-bond acceptors (Lipinski definition) is 2. The number of piperidine rings is 1. The number of hydrogen-bond donors (Lipinski definition) is 1. The Labute approximate surface area is 124 Å². The molecule has 2 unspecified atom stereocenters. The lowest BCUT2D eigenvalue weighted by atomic mass is 9.98. The molecule has 1 aliphatic rings. The van der Waals surface area contributed by atoms with E-state index in [9.17, 15) is 0 Å². The zero-order valence-corrected chi connectivity index (χ0v) is 13.4. The van der Waals surface area contributed by atoms with Crippen LogP contribution >= 0.6 is 0 Å². The fraction of sp³-hybridized carbons (Fsp3) is 0.667. The maximum atomic E-state index is 3.49. The van der Waals surface area contributed by atoms with Gasteiger partial charge in [-0.2, -0.15) is 0 Å². The summed E-state index contributed by atoms with van der Waals surface area (Å²) in [5, 5.41) is 3.49. The van der Waals surface area contributed by atoms with Crippen LogP contribution in [0.2, 0.25) is 0 Å². The van der Waals surface area contributed by atoms with Crippen molar-refractivity contribution in [3.63, 3.8) is 0 Å². The van der Waals surface area contributed by atoms with Gasteiger partial charge in [-0.05, 0) is 49.9 Å². The Balaban J connectivity index is 1.96. The molecule has 112 valence electrons. The second-order valence-corrected chi connectivity index (χ2v) is 6.34. The van der Waals surface area contributed by atoms with Crippen LogP contribution in [0, 0.1) is 5.92 Å². The van der Waals surface area contributed by atoms with Gasteiger partial charge in [-0.1, -0.05) is 44.5 Å². The molecule has 1 aromatic rings. The van der Waals surface area contributed by atoms with E-state index in [1.54, 1.807) is 0 Å². The second kappa shape index (κ2) is 7.80. The third-order valence-electron chi connectivity index (χ3n) is 4.45. The summed E-state index contributed by atoms with van der Waals surface area (Å²) in [5.74, 6) is 0.855. The molecule has 1 heterocycles. The standard InChI is InChI=1S/C18H30N2/c1-4-6-16-8-10-17(11-9-16)18(19-3)14-20-12-5-7-15(2)13-20/h8-11,15,18-19H,4-7,12-14H2,1-3H3. The Bertz CT molecular complexity index is 385. The Hall–Kier alpha value is -0.860. The van der Waals surface area contributed by atoms with Gasteiger partial charge in [0.25, 0.3) is 0 Å². The molecule has 0 spiro atoms. The van der Waals surface area contributed by atoms with Crippen LogP contribution in [-0.4, -0.2) is 31.6 Å². The number of likely N-dealkylation sites (N-methyl/N-ethyl adjacent to an activating group) is 1. The molecule has 0 radical (unpaired) electrons. The Kier molecular flexibility index (Phi) is 6.06. The van der Waals surface area contributed by atoms with Crippen LogP contribution in [0.15, 0.2) is 24.3 Å². The highest BCUT2D eigenvalue weighted by Gasteiger charge is 2.20. The van der Waals surface area contributed by atoms with E-state index in [2.05, 4.69) is 55.4 Å². The van der Waals surface area contributed by atoms with Crippen molar-refractivity contribution in [3.05, 3.63) is 35.4 Å². The monoisotopic (exact) mass is 274 g/mol. The molecule has 0 saturated carbocycles. The van der Waals surface area contributed by atoms with Crippen molar-refractivity contribution in [2.45, 2.75) is 45.6 Å². The van der Waals surface area contributed by atoms with Crippen molar-refractivity contribution in [2.75, 3.05) is 26.7 Å². The minimum Gasteiger partial charge on any atom is -0.312 e. The molecule has 1 N–H and O–H groups in total. The Morgan fingerprint density at radius 2 is 2.05 bits per heavy atom. The predicted octanol–water partition coefficient (Wildman–Crippen LogP) is 3.63. The topological polar surface area (TPSA) is 15.3 Å². The van der Waals surface area contributed by atoms with Crippen molar-refractivity contribution in [3.8, 4) is 0 Å². The third kappa shape index (κ3) is 4.32. The predicted molar refractivity (Wildman–Crippen MR) is 87.1 cm³/mol. The molecule has 2 nitrogen and oxygen atoms in total. The molecule has 1 aliphatic heterocycles. The number of likely N-dealkylation sites (tertiary alicyclic amines) is 1. The number of benzene rings is 1. The number of nitrogens with one attached hydrogen (secondary N) is 1. The zero-order chi connectivity index (χ0) is 14.4. The quantitative estimate of drug-likeness (QED) is 0.852. The van der Waals surface area contributed by atoms with Gasteiger partial charge < -0.3 is 10.2 Å². The minimum absolute atomic E-state index is 0.455. The van der Waals surface area contributed by atoms with Gasteiger partial charge in [0, 0.05) is 19.1 Å². The Morgan fingerprint density at radius 3 is 2.65 bits per heavy atom. The molecule has 2 atom stereocenters. The van der Waals surface area contributed by atoms with Gasteiger partial charge in [-0.25, -0.2) is 0 Å². The molecule has 1 aromatic carbocycles. The van der Waals surface area contributed by atoms with Gasteiger partial charge in [-0.3, -0.25) is 0 Å². The van der Waals surface area contributed by atoms with Gasteiger partial charge in [0.05, 0.1) is 0 Å². The normalized spacial score (nSPS) is 21.9. The summed E-state index contributed by atoms with van der Waals surface area (Å²) in [6.07, 6.45) is 5.16. The van der Waals surface area contributed by atoms with Crippen molar-refractivity contribution < 1.29 is 0 Å². The molecule has 2 rings (SSSR count). The fourth-order valence-corrected chi connectivity index (χ4v) is 3.28. The summed E-state index contributed by atoms with van der Waals surface area (Å²) in [7, 11) is 2.08. The summed E-state index contributed by atoms with van der Waals surface area (Å²) in [6, 6.07) is 9.65. The number of aryl methyl sites for hydroxylation is 1. The first kappa shape index (κ1) is 15.5. The van der Waals surface area contributed by atoms with Crippen molar-refractivity contribution >= 4 is 0 Å². The Morgan fingerprint density at radius 1 is 1.30 bits per heavy atom. The van der Waals surface area contributed by atoms with Gasteiger partial charge in [0.15, 0.2) is 0 Å². The summed E-state index contributed by atoms with van der Waals surface area (Å²) >= 11 is 0. The SMILES string of the molecule is CCCc1ccc(C(CN2CCCC(C)C2)NC)cc1. The van der Waals surface area contributed by atoms with E-state index in [4.69, 9.17) is 0 Å². The van der Waals surface area contributed by atoms with E-state index in [0.717, 1.165) is 12.5 Å². The van der Waals surface area contributed by atoms with Crippen LogP contribution in [0.5, 0.6) is 0 Å². The average molecular weight is 274 g/mol. The average Bonchev–Trinajstić information content (AvgIpc) is 2.46. The van der Waals surface area contributed by atoms with Crippen LogP contribution in [0.1, 0.15) is 50.3 Å². The minimum atomic E-state index is 0.455. The first-order valence-corrected chi connectivity index (χ1v) is 8.21. The van der Waals surface area contributed by atoms with Crippen LogP contribution in [-0.2, 0) is 6.42 Å². The van der Waals surface area contributed by atoms with E-state index >= 15 is 0 Å². The van der Waals surface area contributed by atoms with Crippen LogP contribution in [0.4, 0.5) is 0 Å². The van der Waals surface area contributed by atoms with Crippen molar-refractivity contribution in [1.82, 2.24) is 10.2 Å². The summed E-state index contributed by atoms with van der Waals surface area (Å²) < 4.78 is 0. The smallest absolute Gasteiger partial charge is 0.0446 e. The summed E-state index contributed by atoms with van der Waals surface area (Å²) in [4.78, 5) is 2.62. The lowest BCUT2D eigenvalue weighted by molar-refractivity contribution is 0.169. The molecule has 20 heavy (non-hydrogen) atoms. The molecule has 0 aromatic heterocycles. The zero-order valence-electron chi connectivity index (χ0n) is 13.4. The van der Waals surface area contributed by atoms with E-state index < -0.39 is 0 Å². The van der Waals surface area contributed by atoms with Gasteiger partial charge in [0.2, 0.25) is 0 Å². The van der Waals surface area contributed by atoms with E-state index in [1.165, 1.54) is 49.9 Å². The van der Waals surface area contributed by atoms with Gasteiger partial charge in [0.1, 0.15) is 0 Å². The molecular formula is C18H30N2.